The molecule has 2 nitrogen and oxygen atoms in total. The van der Waals surface area contributed by atoms with Crippen molar-refractivity contribution >= 4 is 0 Å². The highest BCUT2D eigenvalue weighted by Gasteiger charge is 2.38. The molecule has 1 N–H and O–H groups in total. The van der Waals surface area contributed by atoms with E-state index in [9.17, 15) is 4.39 Å². The minimum Gasteiger partial charge on any atom is -0.311 e. The molecule has 1 fully saturated rings. The highest BCUT2D eigenvalue weighted by Crippen LogP contribution is 2.31. The average Bonchev–Trinajstić information content (AvgIpc) is 2.48. The monoisotopic (exact) mass is 292 g/mol. The maximum atomic E-state index is 12.7. The van der Waals surface area contributed by atoms with Gasteiger partial charge in [0.25, 0.3) is 0 Å². The Morgan fingerprint density at radius 3 is 2.67 bits per heavy atom. The Morgan fingerprint density at radius 1 is 1.33 bits per heavy atom. The molecule has 0 radical (unpaired) electrons. The summed E-state index contributed by atoms with van der Waals surface area (Å²) in [6.07, 6.45) is 1.80. The number of piperazine rings is 1. The molecular weight excluding hydrogens is 263 g/mol. The molecule has 21 heavy (non-hydrogen) atoms. The summed E-state index contributed by atoms with van der Waals surface area (Å²) in [6.45, 7) is 9.34. The van der Waals surface area contributed by atoms with Crippen LogP contribution in [0.2, 0.25) is 0 Å². The summed E-state index contributed by atoms with van der Waals surface area (Å²) in [4.78, 5) is 2.48. The van der Waals surface area contributed by atoms with Crippen molar-refractivity contribution < 1.29 is 4.39 Å². The van der Waals surface area contributed by atoms with E-state index in [0.717, 1.165) is 19.6 Å². The molecule has 2 rings (SSSR count). The van der Waals surface area contributed by atoms with Crippen LogP contribution >= 0.6 is 0 Å². The van der Waals surface area contributed by atoms with E-state index in [-0.39, 0.29) is 12.2 Å². The van der Waals surface area contributed by atoms with E-state index in [4.69, 9.17) is 0 Å². The van der Waals surface area contributed by atoms with Crippen molar-refractivity contribution in [3.8, 4) is 0 Å². The third-order valence-corrected chi connectivity index (χ3v) is 4.59. The third-order valence-electron chi connectivity index (χ3n) is 4.59. The van der Waals surface area contributed by atoms with Gasteiger partial charge in [-0.15, -0.1) is 0 Å². The molecule has 2 unspecified atom stereocenters. The summed E-state index contributed by atoms with van der Waals surface area (Å²) < 4.78 is 12.7. The molecule has 0 bridgehead atoms. The van der Waals surface area contributed by atoms with Gasteiger partial charge in [-0.2, -0.15) is 0 Å². The lowest BCUT2D eigenvalue weighted by molar-refractivity contribution is 0.0423. The Morgan fingerprint density at radius 2 is 2.05 bits per heavy atom. The summed E-state index contributed by atoms with van der Waals surface area (Å²) in [5.74, 6) is 0.687. The summed E-state index contributed by atoms with van der Waals surface area (Å²) in [5.41, 5.74) is 1.28. The predicted molar refractivity (Wildman–Crippen MR) is 87.2 cm³/mol. The van der Waals surface area contributed by atoms with Gasteiger partial charge in [0, 0.05) is 25.7 Å². The van der Waals surface area contributed by atoms with E-state index in [1.54, 1.807) is 0 Å². The van der Waals surface area contributed by atoms with Crippen LogP contribution in [-0.2, 0) is 5.54 Å². The first kappa shape index (κ1) is 16.4. The number of rotatable bonds is 6. The van der Waals surface area contributed by atoms with E-state index < -0.39 is 0 Å². The number of nitrogens with one attached hydrogen (secondary N) is 1. The smallest absolute Gasteiger partial charge is 0.0906 e. The van der Waals surface area contributed by atoms with Crippen LogP contribution in [0.5, 0.6) is 0 Å². The molecule has 1 aromatic rings. The molecule has 1 saturated heterocycles. The second-order valence-corrected chi connectivity index (χ2v) is 6.84. The number of hydrogen-bond acceptors (Lipinski definition) is 2. The Balaban J connectivity index is 2.15. The van der Waals surface area contributed by atoms with E-state index in [1.807, 2.05) is 0 Å². The number of hydrogen-bond donors (Lipinski definition) is 1. The highest BCUT2D eigenvalue weighted by atomic mass is 19.1. The average molecular weight is 292 g/mol. The molecule has 0 aromatic heterocycles. The number of alkyl halides is 1. The van der Waals surface area contributed by atoms with E-state index in [0.29, 0.717) is 18.4 Å². The molecule has 3 heteroatoms. The lowest BCUT2D eigenvalue weighted by Crippen LogP contribution is -2.61. The summed E-state index contributed by atoms with van der Waals surface area (Å²) in [7, 11) is 0. The van der Waals surface area contributed by atoms with Crippen LogP contribution in [0.15, 0.2) is 30.3 Å². The molecule has 0 spiro atoms. The number of nitrogens with zero attached hydrogens (tertiary/aromatic N) is 1. The molecule has 0 saturated carbocycles. The van der Waals surface area contributed by atoms with Gasteiger partial charge in [0.05, 0.1) is 12.2 Å². The molecule has 0 aliphatic carbocycles. The van der Waals surface area contributed by atoms with Gasteiger partial charge >= 0.3 is 0 Å². The van der Waals surface area contributed by atoms with Crippen molar-refractivity contribution in [1.29, 1.82) is 0 Å². The van der Waals surface area contributed by atoms with E-state index in [1.165, 1.54) is 12.0 Å². The van der Waals surface area contributed by atoms with Gasteiger partial charge in [0.15, 0.2) is 0 Å². The Hall–Kier alpha value is -0.930. The molecule has 0 amide bonds. The zero-order chi connectivity index (χ0) is 15.3. The Labute approximate surface area is 128 Å². The topological polar surface area (TPSA) is 15.3 Å². The second-order valence-electron chi connectivity index (χ2n) is 6.84. The van der Waals surface area contributed by atoms with Crippen molar-refractivity contribution in [3.63, 3.8) is 0 Å². The van der Waals surface area contributed by atoms with Gasteiger partial charge < -0.3 is 5.32 Å². The third kappa shape index (κ3) is 4.04. The highest BCUT2D eigenvalue weighted by molar-refractivity contribution is 5.25. The first-order valence-corrected chi connectivity index (χ1v) is 8.16. The second kappa shape index (κ2) is 7.37. The van der Waals surface area contributed by atoms with Crippen LogP contribution in [0.25, 0.3) is 0 Å². The molecular formula is C18H29FN2. The Kier molecular flexibility index (Phi) is 5.77. The zero-order valence-corrected chi connectivity index (χ0v) is 13.6. The van der Waals surface area contributed by atoms with Gasteiger partial charge in [-0.3, -0.25) is 9.29 Å². The normalized spacial score (nSPS) is 27.2. The van der Waals surface area contributed by atoms with Crippen LogP contribution in [0, 0.1) is 5.92 Å². The van der Waals surface area contributed by atoms with Crippen molar-refractivity contribution in [2.45, 2.75) is 45.2 Å². The first-order valence-electron chi connectivity index (χ1n) is 8.16. The minimum absolute atomic E-state index is 0.0378. The van der Waals surface area contributed by atoms with Crippen LogP contribution in [0.1, 0.15) is 39.2 Å². The van der Waals surface area contributed by atoms with Crippen molar-refractivity contribution in [3.05, 3.63) is 35.9 Å². The molecule has 1 aliphatic rings. The SMILES string of the molecule is CC(C)CC1CN(CCCF)C(C)(c2ccccc2)CN1. The maximum absolute atomic E-state index is 12.7. The largest absolute Gasteiger partial charge is 0.311 e. The minimum atomic E-state index is -0.232. The summed E-state index contributed by atoms with van der Waals surface area (Å²) in [6, 6.07) is 11.1. The van der Waals surface area contributed by atoms with Crippen molar-refractivity contribution in [1.82, 2.24) is 10.2 Å². The molecule has 118 valence electrons. The van der Waals surface area contributed by atoms with Crippen molar-refractivity contribution in [2.75, 3.05) is 26.3 Å². The quantitative estimate of drug-likeness (QED) is 0.862. The predicted octanol–water partition coefficient (Wildman–Crippen LogP) is 3.58. The summed E-state index contributed by atoms with van der Waals surface area (Å²) >= 11 is 0. The fourth-order valence-corrected chi connectivity index (χ4v) is 3.38. The molecule has 1 aliphatic heterocycles. The lowest BCUT2D eigenvalue weighted by Gasteiger charge is -2.49. The van der Waals surface area contributed by atoms with Crippen LogP contribution in [0.3, 0.4) is 0 Å². The number of benzene rings is 1. The van der Waals surface area contributed by atoms with Crippen molar-refractivity contribution in [2.24, 2.45) is 5.92 Å². The molecule has 1 aromatic carbocycles. The number of halogens is 1. The van der Waals surface area contributed by atoms with Gasteiger partial charge in [-0.1, -0.05) is 44.2 Å². The van der Waals surface area contributed by atoms with Gasteiger partial charge in [-0.05, 0) is 31.2 Å². The fourth-order valence-electron chi connectivity index (χ4n) is 3.38. The van der Waals surface area contributed by atoms with Gasteiger partial charge in [0.2, 0.25) is 0 Å². The standard InChI is InChI=1S/C18H29FN2/c1-15(2)12-17-13-21(11-7-10-19)18(3,14-20-17)16-8-5-4-6-9-16/h4-6,8-9,15,17,20H,7,10-14H2,1-3H3. The first-order chi connectivity index (χ1) is 10.1. The van der Waals surface area contributed by atoms with Gasteiger partial charge in [0.1, 0.15) is 0 Å². The Bertz CT molecular complexity index is 420. The van der Waals surface area contributed by atoms with E-state index >= 15 is 0 Å². The summed E-state index contributed by atoms with van der Waals surface area (Å²) in [5, 5.41) is 3.71. The lowest BCUT2D eigenvalue weighted by atomic mass is 9.85. The van der Waals surface area contributed by atoms with E-state index in [2.05, 4.69) is 61.3 Å². The molecule has 1 heterocycles. The molecule has 2 atom stereocenters. The van der Waals surface area contributed by atoms with Crippen LogP contribution < -0.4 is 5.32 Å². The van der Waals surface area contributed by atoms with Gasteiger partial charge in [-0.25, -0.2) is 0 Å². The van der Waals surface area contributed by atoms with Crippen LogP contribution in [0.4, 0.5) is 4.39 Å². The zero-order valence-electron chi connectivity index (χ0n) is 13.6. The van der Waals surface area contributed by atoms with Crippen LogP contribution in [-0.4, -0.2) is 37.3 Å². The maximum Gasteiger partial charge on any atom is 0.0906 e. The fraction of sp³-hybridized carbons (Fsp3) is 0.667.